The van der Waals surface area contributed by atoms with Crippen LogP contribution in [0.4, 0.5) is 5.69 Å². The van der Waals surface area contributed by atoms with Gasteiger partial charge >= 0.3 is 0 Å². The summed E-state index contributed by atoms with van der Waals surface area (Å²) in [4.78, 5) is 12.8. The zero-order valence-corrected chi connectivity index (χ0v) is 20.3. The average Bonchev–Trinajstić information content (AvgIpc) is 3.31. The van der Waals surface area contributed by atoms with E-state index in [1.165, 1.54) is 17.3 Å². The zero-order valence-electron chi connectivity index (χ0n) is 19.4. The molecule has 0 fully saturated rings. The standard InChI is InChI=1S/C28H24N4O2S/c1-19-14-16-21(17-15-19)27-30-31-28(32(27)24-12-7-9-20-8-3-4-10-22(20)24)35-18-26(33)29-23-11-5-6-13-25(23)34-2/h3-17H,18H2,1-2H3,(H,29,33). The summed E-state index contributed by atoms with van der Waals surface area (Å²) in [5.74, 6) is 1.37. The summed E-state index contributed by atoms with van der Waals surface area (Å²) in [6, 6.07) is 30.0. The van der Waals surface area contributed by atoms with E-state index < -0.39 is 0 Å². The number of methoxy groups -OCH3 is 1. The highest BCUT2D eigenvalue weighted by molar-refractivity contribution is 7.99. The molecule has 1 aromatic heterocycles. The van der Waals surface area contributed by atoms with Crippen LogP contribution in [0.3, 0.4) is 0 Å². The molecule has 5 rings (SSSR count). The number of carbonyl (C=O) groups excluding carboxylic acids is 1. The fourth-order valence-corrected chi connectivity index (χ4v) is 4.68. The minimum Gasteiger partial charge on any atom is -0.495 e. The average molecular weight is 481 g/mol. The third kappa shape index (κ3) is 4.76. The van der Waals surface area contributed by atoms with E-state index in [1.54, 1.807) is 7.11 Å². The molecule has 0 aliphatic rings. The van der Waals surface area contributed by atoms with E-state index in [0.29, 0.717) is 16.6 Å². The van der Waals surface area contributed by atoms with E-state index in [9.17, 15) is 4.79 Å². The molecule has 1 N–H and O–H groups in total. The van der Waals surface area contributed by atoms with Gasteiger partial charge in [-0.3, -0.25) is 9.36 Å². The number of carbonyl (C=O) groups is 1. The number of rotatable bonds is 7. The molecule has 1 amide bonds. The number of hydrogen-bond donors (Lipinski definition) is 1. The maximum absolute atomic E-state index is 12.8. The molecular formula is C28H24N4O2S. The number of aryl methyl sites for hydroxylation is 1. The lowest BCUT2D eigenvalue weighted by Gasteiger charge is -2.14. The molecular weight excluding hydrogens is 456 g/mol. The van der Waals surface area contributed by atoms with Gasteiger partial charge in [0.25, 0.3) is 0 Å². The number of nitrogens with zero attached hydrogens (tertiary/aromatic N) is 3. The number of amides is 1. The van der Waals surface area contributed by atoms with Crippen molar-refractivity contribution in [3.8, 4) is 22.8 Å². The highest BCUT2D eigenvalue weighted by Gasteiger charge is 2.19. The lowest BCUT2D eigenvalue weighted by molar-refractivity contribution is -0.113. The fourth-order valence-electron chi connectivity index (χ4n) is 3.94. The van der Waals surface area contributed by atoms with Gasteiger partial charge in [-0.15, -0.1) is 10.2 Å². The van der Waals surface area contributed by atoms with Crippen LogP contribution in [-0.4, -0.2) is 33.5 Å². The first kappa shape index (κ1) is 22.7. The summed E-state index contributed by atoms with van der Waals surface area (Å²) >= 11 is 1.35. The van der Waals surface area contributed by atoms with Gasteiger partial charge in [0.05, 0.1) is 24.2 Å². The topological polar surface area (TPSA) is 69.0 Å². The molecule has 0 unspecified atom stereocenters. The molecule has 0 bridgehead atoms. The first-order valence-corrected chi connectivity index (χ1v) is 12.2. The van der Waals surface area contributed by atoms with Crippen molar-refractivity contribution in [2.24, 2.45) is 0 Å². The minimum absolute atomic E-state index is 0.149. The van der Waals surface area contributed by atoms with Gasteiger partial charge in [0.2, 0.25) is 5.91 Å². The summed E-state index contributed by atoms with van der Waals surface area (Å²) in [7, 11) is 1.58. The maximum Gasteiger partial charge on any atom is 0.234 e. The quantitative estimate of drug-likeness (QED) is 0.284. The van der Waals surface area contributed by atoms with Crippen LogP contribution in [0.1, 0.15) is 5.56 Å². The normalized spacial score (nSPS) is 10.9. The molecule has 5 aromatic rings. The summed E-state index contributed by atoms with van der Waals surface area (Å²) in [6.07, 6.45) is 0. The van der Waals surface area contributed by atoms with Crippen LogP contribution in [-0.2, 0) is 4.79 Å². The number of benzene rings is 4. The molecule has 1 heterocycles. The van der Waals surface area contributed by atoms with Gasteiger partial charge in [-0.25, -0.2) is 0 Å². The summed E-state index contributed by atoms with van der Waals surface area (Å²) in [5, 5.41) is 14.8. The van der Waals surface area contributed by atoms with Crippen molar-refractivity contribution in [1.29, 1.82) is 0 Å². The summed E-state index contributed by atoms with van der Waals surface area (Å²) in [5.41, 5.74) is 3.74. The van der Waals surface area contributed by atoms with Gasteiger partial charge in [0, 0.05) is 10.9 Å². The Labute approximate surface area is 208 Å². The molecule has 0 aliphatic heterocycles. The summed E-state index contributed by atoms with van der Waals surface area (Å²) < 4.78 is 7.38. The molecule has 4 aromatic carbocycles. The highest BCUT2D eigenvalue weighted by atomic mass is 32.2. The molecule has 7 heteroatoms. The third-order valence-electron chi connectivity index (χ3n) is 5.66. The van der Waals surface area contributed by atoms with E-state index in [4.69, 9.17) is 4.74 Å². The Kier molecular flexibility index (Phi) is 6.50. The smallest absolute Gasteiger partial charge is 0.234 e. The van der Waals surface area contributed by atoms with Crippen LogP contribution in [0.25, 0.3) is 27.8 Å². The van der Waals surface area contributed by atoms with E-state index in [2.05, 4.69) is 58.8 Å². The van der Waals surface area contributed by atoms with Crippen LogP contribution < -0.4 is 10.1 Å². The van der Waals surface area contributed by atoms with Crippen molar-refractivity contribution in [2.45, 2.75) is 12.1 Å². The monoisotopic (exact) mass is 480 g/mol. The third-order valence-corrected chi connectivity index (χ3v) is 6.59. The van der Waals surface area contributed by atoms with E-state index >= 15 is 0 Å². The van der Waals surface area contributed by atoms with Crippen LogP contribution in [0.15, 0.2) is 96.2 Å². The van der Waals surface area contributed by atoms with E-state index in [0.717, 1.165) is 27.8 Å². The van der Waals surface area contributed by atoms with E-state index in [1.807, 2.05) is 59.2 Å². The lowest BCUT2D eigenvalue weighted by atomic mass is 10.1. The second-order valence-electron chi connectivity index (χ2n) is 8.04. The predicted molar refractivity (Wildman–Crippen MR) is 141 cm³/mol. The molecule has 0 atom stereocenters. The number of aromatic nitrogens is 3. The van der Waals surface area contributed by atoms with Gasteiger partial charge in [-0.05, 0) is 30.5 Å². The van der Waals surface area contributed by atoms with E-state index in [-0.39, 0.29) is 11.7 Å². The van der Waals surface area contributed by atoms with Crippen molar-refractivity contribution >= 4 is 34.1 Å². The van der Waals surface area contributed by atoms with Crippen molar-refractivity contribution in [3.05, 3.63) is 96.6 Å². The van der Waals surface area contributed by atoms with Gasteiger partial charge in [-0.1, -0.05) is 90.1 Å². The molecule has 6 nitrogen and oxygen atoms in total. The van der Waals surface area contributed by atoms with Gasteiger partial charge in [-0.2, -0.15) is 0 Å². The zero-order chi connectivity index (χ0) is 24.2. The van der Waals surface area contributed by atoms with Crippen molar-refractivity contribution in [3.63, 3.8) is 0 Å². The van der Waals surface area contributed by atoms with Gasteiger partial charge < -0.3 is 10.1 Å². The Morgan fingerprint density at radius 1 is 0.914 bits per heavy atom. The van der Waals surface area contributed by atoms with Crippen LogP contribution >= 0.6 is 11.8 Å². The van der Waals surface area contributed by atoms with Crippen molar-refractivity contribution in [2.75, 3.05) is 18.2 Å². The molecule has 0 aliphatic carbocycles. The number of anilines is 1. The second kappa shape index (κ2) is 10.0. The number of nitrogens with one attached hydrogen (secondary N) is 1. The first-order chi connectivity index (χ1) is 17.1. The predicted octanol–water partition coefficient (Wildman–Crippen LogP) is 6.14. The van der Waals surface area contributed by atoms with Crippen LogP contribution in [0.2, 0.25) is 0 Å². The Hall–Kier alpha value is -4.10. The first-order valence-electron chi connectivity index (χ1n) is 11.2. The summed E-state index contributed by atoms with van der Waals surface area (Å²) in [6.45, 7) is 2.06. The second-order valence-corrected chi connectivity index (χ2v) is 8.99. The van der Waals surface area contributed by atoms with Crippen molar-refractivity contribution in [1.82, 2.24) is 14.8 Å². The maximum atomic E-state index is 12.8. The number of hydrogen-bond acceptors (Lipinski definition) is 5. The minimum atomic E-state index is -0.149. The molecule has 174 valence electrons. The number of para-hydroxylation sites is 2. The Balaban J connectivity index is 1.50. The highest BCUT2D eigenvalue weighted by Crippen LogP contribution is 2.32. The largest absolute Gasteiger partial charge is 0.495 e. The van der Waals surface area contributed by atoms with Crippen molar-refractivity contribution < 1.29 is 9.53 Å². The van der Waals surface area contributed by atoms with Crippen LogP contribution in [0.5, 0.6) is 5.75 Å². The van der Waals surface area contributed by atoms with Gasteiger partial charge in [0.1, 0.15) is 5.75 Å². The molecule has 0 saturated heterocycles. The number of fused-ring (bicyclic) bond motifs is 1. The SMILES string of the molecule is COc1ccccc1NC(=O)CSc1nnc(-c2ccc(C)cc2)n1-c1cccc2ccccc12. The van der Waals surface area contributed by atoms with Gasteiger partial charge in [0.15, 0.2) is 11.0 Å². The molecule has 0 saturated carbocycles. The number of ether oxygens (including phenoxy) is 1. The molecule has 0 radical (unpaired) electrons. The Morgan fingerprint density at radius 2 is 1.66 bits per heavy atom. The number of thioether (sulfide) groups is 1. The Morgan fingerprint density at radius 3 is 2.49 bits per heavy atom. The lowest BCUT2D eigenvalue weighted by Crippen LogP contribution is -2.15. The molecule has 0 spiro atoms. The Bertz CT molecular complexity index is 1490. The van der Waals surface area contributed by atoms with Crippen LogP contribution in [0, 0.1) is 6.92 Å². The fraction of sp³-hybridized carbons (Fsp3) is 0.107. The molecule has 35 heavy (non-hydrogen) atoms.